The monoisotopic (exact) mass is 389 g/mol. The molecule has 27 heavy (non-hydrogen) atoms. The number of carbonyl (C=O) groups excluding carboxylic acids is 1. The maximum Gasteiger partial charge on any atom is 0.338 e. The average Bonchev–Trinajstić information content (AvgIpc) is 3.21. The molecule has 1 saturated heterocycles. The molecular formula is C20H23NO5S. The van der Waals surface area contributed by atoms with Crippen molar-refractivity contribution in [2.75, 3.05) is 20.2 Å². The zero-order valence-corrected chi connectivity index (χ0v) is 16.3. The van der Waals surface area contributed by atoms with Crippen LogP contribution in [-0.4, -0.2) is 38.9 Å². The summed E-state index contributed by atoms with van der Waals surface area (Å²) < 4.78 is 37.8. The lowest BCUT2D eigenvalue weighted by Crippen LogP contribution is -2.28. The number of hydrogen-bond donors (Lipinski definition) is 0. The Labute approximate surface area is 159 Å². The van der Waals surface area contributed by atoms with Crippen LogP contribution in [0.5, 0.6) is 5.75 Å². The van der Waals surface area contributed by atoms with Crippen molar-refractivity contribution < 1.29 is 22.7 Å². The number of sulfonamides is 1. The Morgan fingerprint density at radius 1 is 1.11 bits per heavy atom. The first-order chi connectivity index (χ1) is 12.9. The van der Waals surface area contributed by atoms with Gasteiger partial charge in [0.25, 0.3) is 0 Å². The van der Waals surface area contributed by atoms with Gasteiger partial charge in [-0.25, -0.2) is 13.2 Å². The van der Waals surface area contributed by atoms with Crippen LogP contribution in [0.4, 0.5) is 0 Å². The Hall–Kier alpha value is -2.38. The van der Waals surface area contributed by atoms with E-state index >= 15 is 0 Å². The number of nitrogens with zero attached hydrogens (tertiary/aromatic N) is 1. The second-order valence-electron chi connectivity index (χ2n) is 6.54. The van der Waals surface area contributed by atoms with Gasteiger partial charge in [0.05, 0.1) is 12.7 Å². The molecule has 0 N–H and O–H groups in total. The lowest BCUT2D eigenvalue weighted by molar-refractivity contribution is 0.0472. The topological polar surface area (TPSA) is 72.9 Å². The lowest BCUT2D eigenvalue weighted by atomic mass is 10.1. The van der Waals surface area contributed by atoms with Crippen LogP contribution in [0.2, 0.25) is 0 Å². The van der Waals surface area contributed by atoms with Gasteiger partial charge in [0.1, 0.15) is 17.3 Å². The first-order valence-electron chi connectivity index (χ1n) is 8.82. The lowest BCUT2D eigenvalue weighted by Gasteiger charge is -2.18. The molecule has 1 aliphatic rings. The Morgan fingerprint density at radius 2 is 1.85 bits per heavy atom. The number of methoxy groups -OCH3 is 1. The molecule has 0 aromatic heterocycles. The molecule has 0 aliphatic carbocycles. The van der Waals surface area contributed by atoms with E-state index < -0.39 is 16.0 Å². The highest BCUT2D eigenvalue weighted by atomic mass is 32.2. The standard InChI is InChI=1S/C20H23NO5S/c1-15-6-5-7-16(12-15)14-26-20(22)17-8-9-18(25-2)19(13-17)27(23,24)21-10-3-4-11-21/h5-9,12-13H,3-4,10-11,14H2,1-2H3. The molecule has 0 unspecified atom stereocenters. The van der Waals surface area contributed by atoms with Gasteiger partial charge in [0.2, 0.25) is 10.0 Å². The van der Waals surface area contributed by atoms with Gasteiger partial charge in [-0.05, 0) is 43.5 Å². The highest BCUT2D eigenvalue weighted by Gasteiger charge is 2.30. The molecule has 144 valence electrons. The SMILES string of the molecule is COc1ccc(C(=O)OCc2cccc(C)c2)cc1S(=O)(=O)N1CCCC1. The summed E-state index contributed by atoms with van der Waals surface area (Å²) >= 11 is 0. The summed E-state index contributed by atoms with van der Waals surface area (Å²) in [6, 6.07) is 12.0. The summed E-state index contributed by atoms with van der Waals surface area (Å²) in [6.07, 6.45) is 1.67. The molecule has 1 aliphatic heterocycles. The Bertz CT molecular complexity index is 933. The van der Waals surface area contributed by atoms with Crippen molar-refractivity contribution in [2.45, 2.75) is 31.3 Å². The molecule has 3 rings (SSSR count). The average molecular weight is 389 g/mol. The van der Waals surface area contributed by atoms with E-state index in [-0.39, 0.29) is 22.8 Å². The summed E-state index contributed by atoms with van der Waals surface area (Å²) in [5.74, 6) is -0.353. The highest BCUT2D eigenvalue weighted by Crippen LogP contribution is 2.30. The molecule has 2 aromatic carbocycles. The number of hydrogen-bond acceptors (Lipinski definition) is 5. The number of carbonyl (C=O) groups is 1. The molecule has 0 atom stereocenters. The zero-order valence-electron chi connectivity index (χ0n) is 15.5. The van der Waals surface area contributed by atoms with E-state index in [2.05, 4.69) is 0 Å². The number of esters is 1. The van der Waals surface area contributed by atoms with Gasteiger partial charge in [-0.2, -0.15) is 4.31 Å². The van der Waals surface area contributed by atoms with Crippen molar-refractivity contribution in [1.82, 2.24) is 4.31 Å². The van der Waals surface area contributed by atoms with E-state index in [0.717, 1.165) is 24.0 Å². The van der Waals surface area contributed by atoms with Gasteiger partial charge >= 0.3 is 5.97 Å². The minimum Gasteiger partial charge on any atom is -0.495 e. The van der Waals surface area contributed by atoms with Crippen molar-refractivity contribution >= 4 is 16.0 Å². The minimum atomic E-state index is -3.71. The summed E-state index contributed by atoms with van der Waals surface area (Å²) in [7, 11) is -2.30. The van der Waals surface area contributed by atoms with Crippen LogP contribution in [0.3, 0.4) is 0 Å². The summed E-state index contributed by atoms with van der Waals surface area (Å²) in [4.78, 5) is 12.4. The fourth-order valence-corrected chi connectivity index (χ4v) is 4.81. The summed E-state index contributed by atoms with van der Waals surface area (Å²) in [5, 5.41) is 0. The second-order valence-corrected chi connectivity index (χ2v) is 8.45. The number of aryl methyl sites for hydroxylation is 1. The number of benzene rings is 2. The Kier molecular flexibility index (Phi) is 5.82. The van der Waals surface area contributed by atoms with E-state index in [4.69, 9.17) is 9.47 Å². The first-order valence-corrected chi connectivity index (χ1v) is 10.3. The largest absolute Gasteiger partial charge is 0.495 e. The second kappa shape index (κ2) is 8.10. The molecule has 1 heterocycles. The molecule has 7 heteroatoms. The predicted molar refractivity (Wildman–Crippen MR) is 101 cm³/mol. The van der Waals surface area contributed by atoms with Gasteiger partial charge in [0, 0.05) is 13.1 Å². The molecule has 0 spiro atoms. The molecule has 0 amide bonds. The Balaban J connectivity index is 1.82. The zero-order chi connectivity index (χ0) is 19.4. The van der Waals surface area contributed by atoms with Crippen molar-refractivity contribution in [3.05, 3.63) is 59.2 Å². The predicted octanol–water partition coefficient (Wildman–Crippen LogP) is 3.15. The van der Waals surface area contributed by atoms with Gasteiger partial charge in [-0.15, -0.1) is 0 Å². The van der Waals surface area contributed by atoms with E-state index in [1.165, 1.54) is 29.6 Å². The third-order valence-corrected chi connectivity index (χ3v) is 6.45. The minimum absolute atomic E-state index is 0.00287. The van der Waals surface area contributed by atoms with Crippen molar-refractivity contribution in [1.29, 1.82) is 0 Å². The van der Waals surface area contributed by atoms with Gasteiger partial charge in [-0.1, -0.05) is 29.8 Å². The fourth-order valence-electron chi connectivity index (χ4n) is 3.11. The highest BCUT2D eigenvalue weighted by molar-refractivity contribution is 7.89. The smallest absolute Gasteiger partial charge is 0.338 e. The van der Waals surface area contributed by atoms with E-state index in [1.807, 2.05) is 31.2 Å². The van der Waals surface area contributed by atoms with Gasteiger partial charge in [-0.3, -0.25) is 0 Å². The van der Waals surface area contributed by atoms with Crippen LogP contribution in [0, 0.1) is 6.92 Å². The number of ether oxygens (including phenoxy) is 2. The van der Waals surface area contributed by atoms with Gasteiger partial charge in [0.15, 0.2) is 0 Å². The van der Waals surface area contributed by atoms with Crippen LogP contribution >= 0.6 is 0 Å². The fraction of sp³-hybridized carbons (Fsp3) is 0.350. The van der Waals surface area contributed by atoms with Gasteiger partial charge < -0.3 is 9.47 Å². The van der Waals surface area contributed by atoms with Crippen molar-refractivity contribution in [3.63, 3.8) is 0 Å². The van der Waals surface area contributed by atoms with Crippen molar-refractivity contribution in [3.8, 4) is 5.75 Å². The normalized spacial score (nSPS) is 14.9. The third kappa shape index (κ3) is 4.31. The summed E-state index contributed by atoms with van der Waals surface area (Å²) in [6.45, 7) is 3.05. The van der Waals surface area contributed by atoms with Crippen LogP contribution in [0.1, 0.15) is 34.3 Å². The van der Waals surface area contributed by atoms with E-state index in [1.54, 1.807) is 0 Å². The maximum absolute atomic E-state index is 12.9. The first kappa shape index (κ1) is 19.4. The molecule has 0 saturated carbocycles. The molecule has 1 fully saturated rings. The van der Waals surface area contributed by atoms with Crippen LogP contribution in [-0.2, 0) is 21.4 Å². The maximum atomic E-state index is 12.9. The molecular weight excluding hydrogens is 366 g/mol. The van der Waals surface area contributed by atoms with E-state index in [9.17, 15) is 13.2 Å². The quantitative estimate of drug-likeness (QED) is 0.710. The van der Waals surface area contributed by atoms with Crippen LogP contribution in [0.15, 0.2) is 47.4 Å². The van der Waals surface area contributed by atoms with Crippen LogP contribution < -0.4 is 4.74 Å². The van der Waals surface area contributed by atoms with Crippen molar-refractivity contribution in [2.24, 2.45) is 0 Å². The van der Waals surface area contributed by atoms with Crippen LogP contribution in [0.25, 0.3) is 0 Å². The Morgan fingerprint density at radius 3 is 2.52 bits per heavy atom. The number of rotatable bonds is 6. The molecule has 6 nitrogen and oxygen atoms in total. The third-order valence-electron chi connectivity index (χ3n) is 4.53. The molecule has 2 aromatic rings. The van der Waals surface area contributed by atoms with E-state index in [0.29, 0.717) is 13.1 Å². The molecule has 0 radical (unpaired) electrons. The molecule has 0 bridgehead atoms. The summed E-state index contributed by atoms with van der Waals surface area (Å²) in [5.41, 5.74) is 2.13.